The number of unbranched alkanes of at least 4 members (excludes halogenated alkanes) is 1. The Labute approximate surface area is 213 Å². The van der Waals surface area contributed by atoms with Crippen molar-refractivity contribution in [2.24, 2.45) is 0 Å². The van der Waals surface area contributed by atoms with Crippen LogP contribution in [0.1, 0.15) is 74.0 Å². The van der Waals surface area contributed by atoms with Crippen molar-refractivity contribution in [3.05, 3.63) is 83.1 Å². The van der Waals surface area contributed by atoms with Crippen LogP contribution in [0.15, 0.2) is 60.0 Å². The number of rotatable bonds is 11. The van der Waals surface area contributed by atoms with Crippen LogP contribution in [0.4, 0.5) is 4.39 Å². The van der Waals surface area contributed by atoms with Crippen molar-refractivity contribution in [1.29, 1.82) is 0 Å². The first-order valence-electron chi connectivity index (χ1n) is 12.2. The molecule has 8 heteroatoms. The maximum absolute atomic E-state index is 13.8. The Morgan fingerprint density at radius 1 is 1.33 bits per heavy atom. The topological polar surface area (TPSA) is 77.3 Å². The Morgan fingerprint density at radius 2 is 2.06 bits per heavy atom. The summed E-state index contributed by atoms with van der Waals surface area (Å²) in [6, 6.07) is 6.54. The van der Waals surface area contributed by atoms with E-state index >= 15 is 0 Å². The van der Waals surface area contributed by atoms with Crippen LogP contribution >= 0.6 is 0 Å². The van der Waals surface area contributed by atoms with Gasteiger partial charge in [0.05, 0.1) is 13.2 Å². The number of likely N-dealkylation sites (N-methyl/N-ethyl adjacent to an activating group) is 1. The van der Waals surface area contributed by atoms with Crippen LogP contribution in [-0.2, 0) is 16.0 Å². The lowest BCUT2D eigenvalue weighted by atomic mass is 10.0. The average molecular weight is 497 g/mol. The van der Waals surface area contributed by atoms with E-state index in [2.05, 4.69) is 27.6 Å². The van der Waals surface area contributed by atoms with E-state index in [1.54, 1.807) is 30.8 Å². The maximum Gasteiger partial charge on any atom is 0.217 e. The summed E-state index contributed by atoms with van der Waals surface area (Å²) in [5.74, 6) is 1.34. The van der Waals surface area contributed by atoms with Crippen LogP contribution < -0.4 is 0 Å². The summed E-state index contributed by atoms with van der Waals surface area (Å²) < 4.78 is 20.6. The second-order valence-electron chi connectivity index (χ2n) is 8.62. The van der Waals surface area contributed by atoms with Crippen molar-refractivity contribution in [1.82, 2.24) is 19.7 Å². The fraction of sp³-hybridized carbons (Fsp3) is 0.429. The molecule has 0 saturated carbocycles. The molecule has 0 saturated heterocycles. The summed E-state index contributed by atoms with van der Waals surface area (Å²) in [7, 11) is 5.60. The van der Waals surface area contributed by atoms with Crippen molar-refractivity contribution in [3.63, 3.8) is 0 Å². The highest BCUT2D eigenvalue weighted by Crippen LogP contribution is 2.31. The molecule has 1 aromatic carbocycles. The van der Waals surface area contributed by atoms with Gasteiger partial charge in [-0.1, -0.05) is 37.8 Å². The van der Waals surface area contributed by atoms with Gasteiger partial charge in [0, 0.05) is 44.6 Å². The zero-order valence-corrected chi connectivity index (χ0v) is 22.0. The highest BCUT2D eigenvalue weighted by atomic mass is 19.1. The predicted octanol–water partition coefficient (Wildman–Crippen LogP) is 5.45. The molecule has 194 valence electrons. The van der Waals surface area contributed by atoms with Gasteiger partial charge in [-0.15, -0.1) is 5.10 Å². The Hall–Kier alpha value is -3.55. The van der Waals surface area contributed by atoms with Gasteiger partial charge < -0.3 is 14.4 Å². The number of carbonyl (C=O) groups excluding carboxylic acids is 2. The minimum absolute atomic E-state index is 0.0748. The lowest BCUT2D eigenvalue weighted by molar-refractivity contribution is -0.107. The first-order chi connectivity index (χ1) is 17.3. The summed E-state index contributed by atoms with van der Waals surface area (Å²) >= 11 is 0. The van der Waals surface area contributed by atoms with Crippen LogP contribution in [0, 0.1) is 5.82 Å². The van der Waals surface area contributed by atoms with Gasteiger partial charge in [0.2, 0.25) is 11.6 Å². The summed E-state index contributed by atoms with van der Waals surface area (Å²) in [5, 5.41) is 4.25. The third-order valence-corrected chi connectivity index (χ3v) is 5.92. The van der Waals surface area contributed by atoms with E-state index in [-0.39, 0.29) is 23.5 Å². The quantitative estimate of drug-likeness (QED) is 0.135. The zero-order valence-electron chi connectivity index (χ0n) is 22.0. The molecule has 0 amide bonds. The predicted molar refractivity (Wildman–Crippen MR) is 139 cm³/mol. The third-order valence-electron chi connectivity index (χ3n) is 5.92. The largest absolute Gasteiger partial charge is 0.497 e. The van der Waals surface area contributed by atoms with E-state index in [4.69, 9.17) is 4.74 Å². The molecule has 1 unspecified atom stereocenters. The molecule has 36 heavy (non-hydrogen) atoms. The van der Waals surface area contributed by atoms with E-state index < -0.39 is 0 Å². The number of hydrogen-bond donors (Lipinski definition) is 0. The molecule has 7 nitrogen and oxygen atoms in total. The standard InChI is InChI=1S/C14H14FN3O.C14H23NO2/c1-2-12(19)14-16-13-8-7-11(18(13)17-14)9-5-3-4-6-10(9)15;1-6-14(15(3)4)13(9-7-8-10-16)11-12(2)17-5/h3-6,11H,2,7-8H2,1H3;6,10-11H,2,7-9H2,1,3-5H3/b;13-11-,14-6+. The molecule has 0 spiro atoms. The molecule has 0 fully saturated rings. The minimum Gasteiger partial charge on any atom is -0.497 e. The number of aryl methyl sites for hydroxylation is 1. The number of nitrogens with zero attached hydrogens (tertiary/aromatic N) is 4. The first kappa shape index (κ1) is 28.7. The number of benzene rings is 1. The van der Waals surface area contributed by atoms with Crippen LogP contribution in [0.3, 0.4) is 0 Å². The Bertz CT molecular complexity index is 1120. The number of ketones is 1. The second-order valence-corrected chi connectivity index (χ2v) is 8.62. The van der Waals surface area contributed by atoms with Crippen molar-refractivity contribution in [2.45, 2.75) is 58.4 Å². The molecule has 2 heterocycles. The van der Waals surface area contributed by atoms with Crippen LogP contribution in [0.2, 0.25) is 0 Å². The van der Waals surface area contributed by atoms with Crippen molar-refractivity contribution in [2.75, 3.05) is 21.2 Å². The van der Waals surface area contributed by atoms with E-state index in [1.165, 1.54) is 6.07 Å². The highest BCUT2D eigenvalue weighted by Gasteiger charge is 2.29. The molecule has 0 bridgehead atoms. The number of fused-ring (bicyclic) bond motifs is 1. The Kier molecular flexibility index (Phi) is 11.2. The van der Waals surface area contributed by atoms with Crippen LogP contribution in [-0.4, -0.2) is 52.9 Å². The van der Waals surface area contributed by atoms with Gasteiger partial charge in [-0.25, -0.2) is 14.1 Å². The molecule has 0 radical (unpaired) electrons. The molecule has 0 aliphatic carbocycles. The Balaban J connectivity index is 0.000000256. The van der Waals surface area contributed by atoms with Gasteiger partial charge in [-0.2, -0.15) is 0 Å². The number of hydrogen-bond acceptors (Lipinski definition) is 6. The maximum atomic E-state index is 13.8. The van der Waals surface area contributed by atoms with Gasteiger partial charge in [0.15, 0.2) is 0 Å². The van der Waals surface area contributed by atoms with E-state index in [1.807, 2.05) is 33.2 Å². The molecule has 1 aliphatic rings. The average Bonchev–Trinajstić information content (AvgIpc) is 3.46. The van der Waals surface area contributed by atoms with Crippen molar-refractivity contribution in [3.8, 4) is 0 Å². The Morgan fingerprint density at radius 3 is 2.64 bits per heavy atom. The van der Waals surface area contributed by atoms with Gasteiger partial charge in [0.25, 0.3) is 0 Å². The number of carbonyl (C=O) groups is 2. The molecule has 1 aliphatic heterocycles. The number of aromatic nitrogens is 3. The molecule has 0 N–H and O–H groups in total. The number of aldehydes is 1. The lowest BCUT2D eigenvalue weighted by Crippen LogP contribution is -2.13. The van der Waals surface area contributed by atoms with E-state index in [9.17, 15) is 14.0 Å². The minimum atomic E-state index is -0.237. The van der Waals surface area contributed by atoms with Crippen molar-refractivity contribution >= 4 is 12.1 Å². The van der Waals surface area contributed by atoms with E-state index in [0.717, 1.165) is 49.1 Å². The highest BCUT2D eigenvalue weighted by molar-refractivity contribution is 5.92. The SMILES string of the molecule is C=C(/C=C(CCCC=O)\C(=C/C)N(C)C)OC.CCC(=O)c1nc2n(n1)C(c1ccccc1F)CC2. The number of methoxy groups -OCH3 is 1. The second kappa shape index (κ2) is 14.1. The van der Waals surface area contributed by atoms with Crippen LogP contribution in [0.5, 0.6) is 0 Å². The number of halogens is 1. The molecular weight excluding hydrogens is 459 g/mol. The monoisotopic (exact) mass is 496 g/mol. The molecular formula is C28H37FN4O3. The molecule has 1 aromatic heterocycles. The van der Waals surface area contributed by atoms with Gasteiger partial charge in [0.1, 0.15) is 23.7 Å². The lowest BCUT2D eigenvalue weighted by Gasteiger charge is -2.20. The summed E-state index contributed by atoms with van der Waals surface area (Å²) in [5.41, 5.74) is 2.89. The fourth-order valence-electron chi connectivity index (χ4n) is 4.11. The number of allylic oxidation sites excluding steroid dienone is 3. The normalized spacial score (nSPS) is 15.0. The van der Waals surface area contributed by atoms with Crippen molar-refractivity contribution < 1.29 is 18.7 Å². The van der Waals surface area contributed by atoms with Crippen LogP contribution in [0.25, 0.3) is 0 Å². The van der Waals surface area contributed by atoms with Gasteiger partial charge in [-0.3, -0.25) is 4.79 Å². The first-order valence-corrected chi connectivity index (χ1v) is 12.2. The number of Topliss-reactive ketones (excluding diaryl/α,β-unsaturated/α-hetero) is 1. The molecule has 2 aromatic rings. The molecule has 1 atom stereocenters. The van der Waals surface area contributed by atoms with E-state index in [0.29, 0.717) is 24.2 Å². The zero-order chi connectivity index (χ0) is 26.7. The third kappa shape index (κ3) is 7.47. The van der Waals surface area contributed by atoms with Gasteiger partial charge >= 0.3 is 0 Å². The molecule has 3 rings (SSSR count). The smallest absolute Gasteiger partial charge is 0.217 e. The summed E-state index contributed by atoms with van der Waals surface area (Å²) in [6.45, 7) is 7.58. The summed E-state index contributed by atoms with van der Waals surface area (Å²) in [6.07, 6.45) is 9.09. The summed E-state index contributed by atoms with van der Waals surface area (Å²) in [4.78, 5) is 28.3. The number of ether oxygens (including phenoxy) is 1. The van der Waals surface area contributed by atoms with Gasteiger partial charge in [-0.05, 0) is 43.9 Å². The fourth-order valence-corrected chi connectivity index (χ4v) is 4.11.